The van der Waals surface area contributed by atoms with Crippen molar-refractivity contribution in [3.8, 4) is 0 Å². The predicted molar refractivity (Wildman–Crippen MR) is 99.1 cm³/mol. The Balaban J connectivity index is 1.60. The van der Waals surface area contributed by atoms with Gasteiger partial charge in [-0.15, -0.1) is 0 Å². The van der Waals surface area contributed by atoms with Crippen molar-refractivity contribution in [2.24, 2.45) is 11.7 Å². The van der Waals surface area contributed by atoms with Crippen LogP contribution < -0.4 is 5.73 Å². The molecule has 160 valence electrons. The van der Waals surface area contributed by atoms with Gasteiger partial charge >= 0.3 is 0 Å². The minimum Gasteiger partial charge on any atom is -0.381 e. The van der Waals surface area contributed by atoms with Gasteiger partial charge in [0.2, 0.25) is 5.91 Å². The summed E-state index contributed by atoms with van der Waals surface area (Å²) in [6, 6.07) is 0.340. The molecule has 0 spiro atoms. The molecule has 0 aliphatic carbocycles. The highest BCUT2D eigenvalue weighted by atomic mass is 19.2. The third kappa shape index (κ3) is 4.56. The van der Waals surface area contributed by atoms with Gasteiger partial charge in [0.05, 0.1) is 6.04 Å². The summed E-state index contributed by atoms with van der Waals surface area (Å²) in [6.45, 7) is 4.26. The molecule has 2 saturated heterocycles. The first-order valence-corrected chi connectivity index (χ1v) is 9.67. The van der Waals surface area contributed by atoms with Gasteiger partial charge in [-0.25, -0.2) is 13.2 Å². The topological polar surface area (TPSA) is 86.9 Å². The van der Waals surface area contributed by atoms with Crippen LogP contribution in [0.25, 0.3) is 0 Å². The Morgan fingerprint density at radius 2 is 1.86 bits per heavy atom. The molecule has 1 aromatic rings. The van der Waals surface area contributed by atoms with E-state index < -0.39 is 29.1 Å². The Hall–Kier alpha value is -2.13. The van der Waals surface area contributed by atoms with Gasteiger partial charge in [0.1, 0.15) is 11.4 Å². The first-order chi connectivity index (χ1) is 13.5. The van der Waals surface area contributed by atoms with E-state index in [0.29, 0.717) is 25.7 Å². The zero-order valence-electron chi connectivity index (χ0n) is 16.5. The Kier molecular flexibility index (Phi) is 5.91. The highest BCUT2D eigenvalue weighted by Crippen LogP contribution is 2.33. The lowest BCUT2D eigenvalue weighted by Gasteiger charge is -2.28. The average Bonchev–Trinajstić information content (AvgIpc) is 3.18. The van der Waals surface area contributed by atoms with Gasteiger partial charge in [0, 0.05) is 44.1 Å². The Morgan fingerprint density at radius 3 is 2.52 bits per heavy atom. The molecule has 2 aliphatic heterocycles. The molecule has 0 unspecified atom stereocenters. The van der Waals surface area contributed by atoms with Crippen LogP contribution in [0.1, 0.15) is 32.3 Å². The zero-order chi connectivity index (χ0) is 21.5. The van der Waals surface area contributed by atoms with Crippen molar-refractivity contribution in [2.45, 2.75) is 50.8 Å². The summed E-state index contributed by atoms with van der Waals surface area (Å²) < 4.78 is 40.2. The van der Waals surface area contributed by atoms with E-state index in [9.17, 15) is 27.9 Å². The lowest BCUT2D eigenvalue weighted by molar-refractivity contribution is -0.147. The summed E-state index contributed by atoms with van der Waals surface area (Å²) in [6.07, 6.45) is 0.584. The fourth-order valence-electron chi connectivity index (χ4n) is 4.24. The monoisotopic (exact) mass is 413 g/mol. The number of halogens is 3. The molecule has 2 fully saturated rings. The molecule has 2 heterocycles. The van der Waals surface area contributed by atoms with Crippen molar-refractivity contribution in [3.05, 3.63) is 35.1 Å². The fraction of sp³-hybridized carbons (Fsp3) is 0.600. The third-order valence-corrected chi connectivity index (χ3v) is 5.69. The standard InChI is InChI=1S/C20H26F3N3O3/c1-20(2,29)19(28)25-9-11-3-4-26(17(11)10-25)18(27)7-13(24)5-12-6-15(22)16(23)8-14(12)21/h6,8,11,13,17,29H,3-5,7,9-10,24H2,1-2H3/t11-,13+,17+/m0/s1. The van der Waals surface area contributed by atoms with Crippen molar-refractivity contribution in [1.82, 2.24) is 9.80 Å². The number of hydrogen-bond donors (Lipinski definition) is 2. The van der Waals surface area contributed by atoms with Crippen molar-refractivity contribution < 1.29 is 27.9 Å². The van der Waals surface area contributed by atoms with E-state index in [1.807, 2.05) is 0 Å². The number of rotatable bonds is 5. The molecule has 2 amide bonds. The summed E-state index contributed by atoms with van der Waals surface area (Å²) in [5.74, 6) is -3.78. The van der Waals surface area contributed by atoms with Gasteiger partial charge < -0.3 is 20.6 Å². The molecule has 6 nitrogen and oxygen atoms in total. The average molecular weight is 413 g/mol. The molecule has 29 heavy (non-hydrogen) atoms. The number of carbonyl (C=O) groups excluding carboxylic acids is 2. The number of fused-ring (bicyclic) bond motifs is 1. The van der Waals surface area contributed by atoms with E-state index in [-0.39, 0.29) is 42.2 Å². The molecule has 3 atom stereocenters. The number of amides is 2. The number of hydrogen-bond acceptors (Lipinski definition) is 4. The predicted octanol–water partition coefficient (Wildman–Crippen LogP) is 1.19. The molecule has 0 bridgehead atoms. The van der Waals surface area contributed by atoms with Crippen LogP contribution in [0, 0.1) is 23.4 Å². The third-order valence-electron chi connectivity index (χ3n) is 5.69. The number of nitrogens with zero attached hydrogens (tertiary/aromatic N) is 2. The molecule has 1 aromatic carbocycles. The fourth-order valence-corrected chi connectivity index (χ4v) is 4.24. The maximum atomic E-state index is 13.8. The molecule has 0 aromatic heterocycles. The summed E-state index contributed by atoms with van der Waals surface area (Å²) in [5.41, 5.74) is 4.43. The highest BCUT2D eigenvalue weighted by molar-refractivity contribution is 5.84. The normalized spacial score (nSPS) is 22.7. The number of aliphatic hydroxyl groups is 1. The molecule has 3 N–H and O–H groups in total. The molecule has 9 heteroatoms. The van der Waals surface area contributed by atoms with Crippen LogP contribution in [-0.4, -0.2) is 64.0 Å². The van der Waals surface area contributed by atoms with Gasteiger partial charge in [-0.2, -0.15) is 0 Å². The van der Waals surface area contributed by atoms with Crippen LogP contribution in [0.4, 0.5) is 13.2 Å². The van der Waals surface area contributed by atoms with Crippen molar-refractivity contribution in [3.63, 3.8) is 0 Å². The van der Waals surface area contributed by atoms with Gasteiger partial charge in [0.15, 0.2) is 11.6 Å². The van der Waals surface area contributed by atoms with E-state index >= 15 is 0 Å². The van der Waals surface area contributed by atoms with Gasteiger partial charge in [-0.1, -0.05) is 0 Å². The Morgan fingerprint density at radius 1 is 1.21 bits per heavy atom. The molecule has 2 aliphatic rings. The van der Waals surface area contributed by atoms with Crippen LogP contribution in [0.5, 0.6) is 0 Å². The maximum Gasteiger partial charge on any atom is 0.254 e. The number of likely N-dealkylation sites (tertiary alicyclic amines) is 2. The molecular formula is C20H26F3N3O3. The van der Waals surface area contributed by atoms with E-state index in [1.54, 1.807) is 9.80 Å². The maximum absolute atomic E-state index is 13.8. The summed E-state index contributed by atoms with van der Waals surface area (Å²) in [4.78, 5) is 28.3. The highest BCUT2D eigenvalue weighted by Gasteiger charge is 2.46. The lowest BCUT2D eigenvalue weighted by atomic mass is 10.0. The second-order valence-corrected chi connectivity index (χ2v) is 8.50. The molecular weight excluding hydrogens is 387 g/mol. The summed E-state index contributed by atoms with van der Waals surface area (Å²) in [5, 5.41) is 9.93. The number of nitrogens with two attached hydrogens (primary N) is 1. The molecule has 0 saturated carbocycles. The quantitative estimate of drug-likeness (QED) is 0.710. The van der Waals surface area contributed by atoms with Crippen molar-refractivity contribution >= 4 is 11.8 Å². The van der Waals surface area contributed by atoms with Crippen LogP contribution >= 0.6 is 0 Å². The summed E-state index contributed by atoms with van der Waals surface area (Å²) >= 11 is 0. The van der Waals surface area contributed by atoms with Gasteiger partial charge in [-0.05, 0) is 38.3 Å². The second-order valence-electron chi connectivity index (χ2n) is 8.50. The van der Waals surface area contributed by atoms with E-state index in [1.165, 1.54) is 13.8 Å². The van der Waals surface area contributed by atoms with Gasteiger partial charge in [0.25, 0.3) is 5.91 Å². The van der Waals surface area contributed by atoms with Crippen LogP contribution in [0.2, 0.25) is 0 Å². The minimum absolute atomic E-state index is 0.0684. The minimum atomic E-state index is -1.47. The van der Waals surface area contributed by atoms with Crippen LogP contribution in [0.3, 0.4) is 0 Å². The van der Waals surface area contributed by atoms with Crippen molar-refractivity contribution in [2.75, 3.05) is 19.6 Å². The lowest BCUT2D eigenvalue weighted by Crippen LogP contribution is -2.47. The molecule has 3 rings (SSSR count). The summed E-state index contributed by atoms with van der Waals surface area (Å²) in [7, 11) is 0. The SMILES string of the molecule is CC(C)(O)C(=O)N1C[C@@H]2CCN(C(=O)C[C@H](N)Cc3cc(F)c(F)cc3F)[C@@H]2C1. The number of carbonyl (C=O) groups is 2. The zero-order valence-corrected chi connectivity index (χ0v) is 16.5. The largest absolute Gasteiger partial charge is 0.381 e. The van der Waals surface area contributed by atoms with Gasteiger partial charge in [-0.3, -0.25) is 9.59 Å². The second kappa shape index (κ2) is 7.95. The van der Waals surface area contributed by atoms with Crippen LogP contribution in [-0.2, 0) is 16.0 Å². The molecule has 0 radical (unpaired) electrons. The number of benzene rings is 1. The first kappa shape index (κ1) is 21.6. The van der Waals surface area contributed by atoms with E-state index in [4.69, 9.17) is 5.73 Å². The Bertz CT molecular complexity index is 812. The van der Waals surface area contributed by atoms with Crippen molar-refractivity contribution in [1.29, 1.82) is 0 Å². The smallest absolute Gasteiger partial charge is 0.254 e. The van der Waals surface area contributed by atoms with E-state index in [2.05, 4.69) is 0 Å². The van der Waals surface area contributed by atoms with Crippen LogP contribution in [0.15, 0.2) is 12.1 Å². The Labute approximate surface area is 167 Å². The van der Waals surface area contributed by atoms with E-state index in [0.717, 1.165) is 12.5 Å². The first-order valence-electron chi connectivity index (χ1n) is 9.67.